The summed E-state index contributed by atoms with van der Waals surface area (Å²) in [5.74, 6) is 1.99. The predicted molar refractivity (Wildman–Crippen MR) is 165 cm³/mol. The number of halogens is 1. The summed E-state index contributed by atoms with van der Waals surface area (Å²) < 4.78 is 30.5. The van der Waals surface area contributed by atoms with Crippen LogP contribution in [0.15, 0.2) is 83.5 Å². The number of anilines is 3. The number of amides is 1. The Morgan fingerprint density at radius 1 is 1.05 bits per heavy atom. The molecule has 44 heavy (non-hydrogen) atoms. The van der Waals surface area contributed by atoms with Gasteiger partial charge in [0.05, 0.1) is 30.9 Å². The molecule has 2 heterocycles. The average Bonchev–Trinajstić information content (AvgIpc) is 3.48. The zero-order chi connectivity index (χ0) is 31.1. The van der Waals surface area contributed by atoms with E-state index in [9.17, 15) is 9.18 Å². The Bertz CT molecular complexity index is 1740. The third-order valence-corrected chi connectivity index (χ3v) is 6.59. The molecule has 3 aromatic carbocycles. The molecule has 1 amide bonds. The molecule has 0 aliphatic rings. The Morgan fingerprint density at radius 2 is 1.91 bits per heavy atom. The lowest BCUT2D eigenvalue weighted by Gasteiger charge is -2.21. The summed E-state index contributed by atoms with van der Waals surface area (Å²) in [5.41, 5.74) is 9.64. The Hall–Kier alpha value is -5.20. The molecule has 228 valence electrons. The first-order chi connectivity index (χ1) is 21.3. The molecule has 5 aromatic rings. The summed E-state index contributed by atoms with van der Waals surface area (Å²) >= 11 is 0. The smallest absolute Gasteiger partial charge is 0.428 e. The first kappa shape index (κ1) is 30.3. The number of hydrogen-bond donors (Lipinski definition) is 2. The van der Waals surface area contributed by atoms with E-state index in [1.165, 1.54) is 28.4 Å². The van der Waals surface area contributed by atoms with Crippen molar-refractivity contribution in [3.05, 3.63) is 96.3 Å². The number of fused-ring (bicyclic) bond motifs is 1. The first-order valence-electron chi connectivity index (χ1n) is 13.8. The van der Waals surface area contributed by atoms with E-state index in [1.54, 1.807) is 45.5 Å². The molecule has 5 rings (SSSR count). The molecule has 0 atom stereocenters. The van der Waals surface area contributed by atoms with Crippen LogP contribution in [0.2, 0.25) is 0 Å². The van der Waals surface area contributed by atoms with Crippen LogP contribution in [0.3, 0.4) is 0 Å². The summed E-state index contributed by atoms with van der Waals surface area (Å²) in [6, 6.07) is 21.0. The molecule has 0 aliphatic heterocycles. The average molecular weight is 601 g/mol. The largest absolute Gasteiger partial charge is 0.487 e. The number of nitrogen functional groups attached to an aromatic ring is 1. The van der Waals surface area contributed by atoms with Crippen LogP contribution in [-0.4, -0.2) is 60.4 Å². The zero-order valence-corrected chi connectivity index (χ0v) is 24.6. The highest BCUT2D eigenvalue weighted by Gasteiger charge is 2.17. The number of benzene rings is 3. The van der Waals surface area contributed by atoms with Gasteiger partial charge < -0.3 is 34.7 Å². The number of ether oxygens (including phenoxy) is 2. The Balaban J connectivity index is 1.31. The molecule has 2 aromatic heterocycles. The van der Waals surface area contributed by atoms with E-state index in [-0.39, 0.29) is 19.0 Å². The molecule has 11 nitrogen and oxygen atoms in total. The van der Waals surface area contributed by atoms with Gasteiger partial charge in [-0.3, -0.25) is 0 Å². The molecule has 0 bridgehead atoms. The Labute approximate surface area is 253 Å². The number of aromatic nitrogens is 2. The number of carbonyl (C=O) groups is 1. The Morgan fingerprint density at radius 3 is 2.68 bits per heavy atom. The third-order valence-electron chi connectivity index (χ3n) is 6.59. The van der Waals surface area contributed by atoms with Crippen LogP contribution in [-0.2, 0) is 22.7 Å². The van der Waals surface area contributed by atoms with Gasteiger partial charge in [-0.05, 0) is 66.2 Å². The maximum Gasteiger partial charge on any atom is 0.428 e. The molecule has 0 aliphatic carbocycles. The number of furan rings is 1. The van der Waals surface area contributed by atoms with Crippen LogP contribution in [0.4, 0.5) is 26.4 Å². The standard InChI is InChI=1S/C32H33FN6O5/c1-38(2)32(40)44-39(13-14-41-3)18-25-9-12-29(43-25)22-7-10-28-26(16-22)31(36-20-35-28)37-24-8-11-30(27(34)17-24)42-19-21-5-4-6-23(33)15-21/h4-12,15-17,20H,13-14,18-19,34H2,1-3H3,(H,35,36,37). The second kappa shape index (κ2) is 13.8. The molecule has 0 radical (unpaired) electrons. The van der Waals surface area contributed by atoms with Crippen molar-refractivity contribution in [3.8, 4) is 17.1 Å². The van der Waals surface area contributed by atoms with Crippen molar-refractivity contribution in [3.63, 3.8) is 0 Å². The third kappa shape index (κ3) is 7.60. The van der Waals surface area contributed by atoms with Gasteiger partial charge in [-0.15, -0.1) is 5.06 Å². The maximum absolute atomic E-state index is 13.5. The summed E-state index contributed by atoms with van der Waals surface area (Å²) in [6.45, 7) is 1.19. The Kier molecular flexibility index (Phi) is 9.52. The van der Waals surface area contributed by atoms with Gasteiger partial charge in [-0.25, -0.2) is 19.2 Å². The fourth-order valence-corrected chi connectivity index (χ4v) is 4.33. The van der Waals surface area contributed by atoms with Crippen molar-refractivity contribution in [1.29, 1.82) is 0 Å². The van der Waals surface area contributed by atoms with E-state index in [1.807, 2.05) is 36.4 Å². The van der Waals surface area contributed by atoms with E-state index >= 15 is 0 Å². The number of carbonyl (C=O) groups excluding carboxylic acids is 1. The lowest BCUT2D eigenvalue weighted by molar-refractivity contribution is -0.127. The highest BCUT2D eigenvalue weighted by atomic mass is 19.1. The molecular formula is C32H33FN6O5. The lowest BCUT2D eigenvalue weighted by atomic mass is 10.1. The molecule has 0 spiro atoms. The lowest BCUT2D eigenvalue weighted by Crippen LogP contribution is -2.34. The molecule has 0 fully saturated rings. The second-order valence-corrected chi connectivity index (χ2v) is 10.1. The number of methoxy groups -OCH3 is 1. The summed E-state index contributed by atoms with van der Waals surface area (Å²) in [5, 5.41) is 5.58. The van der Waals surface area contributed by atoms with Crippen LogP contribution < -0.4 is 15.8 Å². The predicted octanol–water partition coefficient (Wildman–Crippen LogP) is 6.00. The summed E-state index contributed by atoms with van der Waals surface area (Å²) in [7, 11) is 4.81. The van der Waals surface area contributed by atoms with Gasteiger partial charge in [0.1, 0.15) is 41.8 Å². The summed E-state index contributed by atoms with van der Waals surface area (Å²) in [6.07, 6.45) is 0.994. The van der Waals surface area contributed by atoms with Gasteiger partial charge >= 0.3 is 6.09 Å². The van der Waals surface area contributed by atoms with Crippen LogP contribution >= 0.6 is 0 Å². The van der Waals surface area contributed by atoms with Gasteiger partial charge in [0, 0.05) is 37.8 Å². The maximum atomic E-state index is 13.5. The summed E-state index contributed by atoms with van der Waals surface area (Å²) in [4.78, 5) is 27.7. The molecule has 0 unspecified atom stereocenters. The highest BCUT2D eigenvalue weighted by Crippen LogP contribution is 2.32. The van der Waals surface area contributed by atoms with Gasteiger partial charge in [0.25, 0.3) is 0 Å². The molecular weight excluding hydrogens is 567 g/mol. The topological polar surface area (TPSA) is 128 Å². The monoisotopic (exact) mass is 600 g/mol. The highest BCUT2D eigenvalue weighted by molar-refractivity contribution is 5.93. The number of nitrogens with two attached hydrogens (primary N) is 1. The van der Waals surface area contributed by atoms with E-state index in [0.29, 0.717) is 53.2 Å². The van der Waals surface area contributed by atoms with E-state index in [4.69, 9.17) is 24.5 Å². The van der Waals surface area contributed by atoms with Crippen molar-refractivity contribution in [2.24, 2.45) is 0 Å². The van der Waals surface area contributed by atoms with Gasteiger partial charge in [-0.2, -0.15) is 0 Å². The van der Waals surface area contributed by atoms with Crippen molar-refractivity contribution in [2.45, 2.75) is 13.2 Å². The van der Waals surface area contributed by atoms with E-state index < -0.39 is 6.09 Å². The number of hydroxylamine groups is 2. The van der Waals surface area contributed by atoms with Crippen molar-refractivity contribution >= 4 is 34.2 Å². The van der Waals surface area contributed by atoms with Crippen LogP contribution in [0, 0.1) is 5.82 Å². The van der Waals surface area contributed by atoms with Crippen molar-refractivity contribution < 1.29 is 27.9 Å². The van der Waals surface area contributed by atoms with Crippen LogP contribution in [0.1, 0.15) is 11.3 Å². The van der Waals surface area contributed by atoms with Crippen molar-refractivity contribution in [2.75, 3.05) is 45.4 Å². The molecule has 12 heteroatoms. The normalized spacial score (nSPS) is 11.1. The fourth-order valence-electron chi connectivity index (χ4n) is 4.33. The van der Waals surface area contributed by atoms with Crippen molar-refractivity contribution in [1.82, 2.24) is 19.9 Å². The van der Waals surface area contributed by atoms with E-state index in [0.717, 1.165) is 16.5 Å². The quantitative estimate of drug-likeness (QED) is 0.130. The fraction of sp³-hybridized carbons (Fsp3) is 0.219. The van der Waals surface area contributed by atoms with Crippen LogP contribution in [0.25, 0.3) is 22.2 Å². The second-order valence-electron chi connectivity index (χ2n) is 10.1. The van der Waals surface area contributed by atoms with Gasteiger partial charge in [-0.1, -0.05) is 12.1 Å². The molecule has 0 saturated heterocycles. The van der Waals surface area contributed by atoms with Crippen LogP contribution in [0.5, 0.6) is 5.75 Å². The van der Waals surface area contributed by atoms with E-state index in [2.05, 4.69) is 15.3 Å². The molecule has 3 N–H and O–H groups in total. The minimum absolute atomic E-state index is 0.189. The zero-order valence-electron chi connectivity index (χ0n) is 24.6. The number of hydrogen-bond acceptors (Lipinski definition) is 10. The van der Waals surface area contributed by atoms with Gasteiger partial charge in [0.2, 0.25) is 0 Å². The first-order valence-corrected chi connectivity index (χ1v) is 13.8. The number of nitrogens with one attached hydrogen (secondary N) is 1. The van der Waals surface area contributed by atoms with Gasteiger partial charge in [0.15, 0.2) is 0 Å². The number of rotatable bonds is 12. The SMILES string of the molecule is COCCN(Cc1ccc(-c2ccc3ncnc(Nc4ccc(OCc5cccc(F)c5)c(N)c4)c3c2)o1)OC(=O)N(C)C. The molecule has 0 saturated carbocycles. The minimum atomic E-state index is -0.491. The minimum Gasteiger partial charge on any atom is -0.487 e. The number of nitrogens with zero attached hydrogens (tertiary/aromatic N) is 4.